The van der Waals surface area contributed by atoms with Gasteiger partial charge in [0.15, 0.2) is 0 Å². The van der Waals surface area contributed by atoms with Gasteiger partial charge in [0.2, 0.25) is 5.91 Å². The summed E-state index contributed by atoms with van der Waals surface area (Å²) in [4.78, 5) is 29.3. The highest BCUT2D eigenvalue weighted by atomic mass is 16.7. The lowest BCUT2D eigenvalue weighted by atomic mass is 10.0. The summed E-state index contributed by atoms with van der Waals surface area (Å²) in [6, 6.07) is 19.0. The molecule has 0 aliphatic rings. The Morgan fingerprint density at radius 3 is 2.11 bits per heavy atom. The summed E-state index contributed by atoms with van der Waals surface area (Å²) in [7, 11) is 0. The van der Waals surface area contributed by atoms with E-state index in [0.717, 1.165) is 11.1 Å². The molecule has 0 aromatic heterocycles. The third-order valence-corrected chi connectivity index (χ3v) is 3.97. The first-order chi connectivity index (χ1) is 13.0. The molecule has 6 nitrogen and oxygen atoms in total. The Hall–Kier alpha value is -2.86. The Bertz CT molecular complexity index is 705. The summed E-state index contributed by atoms with van der Waals surface area (Å²) in [6.07, 6.45) is -0.997. The molecule has 0 aliphatic heterocycles. The van der Waals surface area contributed by atoms with E-state index in [1.807, 2.05) is 74.5 Å². The number of rotatable bonds is 9. The van der Waals surface area contributed by atoms with Crippen molar-refractivity contribution in [3.63, 3.8) is 0 Å². The number of hydrogen-bond donors (Lipinski definition) is 2. The molecule has 0 unspecified atom stereocenters. The van der Waals surface area contributed by atoms with E-state index in [0.29, 0.717) is 6.54 Å². The maximum atomic E-state index is 12.2. The van der Waals surface area contributed by atoms with Gasteiger partial charge in [-0.3, -0.25) is 9.63 Å². The summed E-state index contributed by atoms with van der Waals surface area (Å²) >= 11 is 0. The van der Waals surface area contributed by atoms with Crippen LogP contribution in [0.5, 0.6) is 0 Å². The van der Waals surface area contributed by atoms with E-state index in [4.69, 9.17) is 9.57 Å². The Morgan fingerprint density at radius 1 is 0.926 bits per heavy atom. The van der Waals surface area contributed by atoms with Gasteiger partial charge < -0.3 is 10.1 Å². The molecule has 0 radical (unpaired) electrons. The minimum Gasteiger partial charge on any atom is -0.443 e. The quantitative estimate of drug-likeness (QED) is 0.662. The summed E-state index contributed by atoms with van der Waals surface area (Å²) in [6.45, 7) is 4.45. The average molecular weight is 370 g/mol. The monoisotopic (exact) mass is 370 g/mol. The van der Waals surface area contributed by atoms with Crippen molar-refractivity contribution in [1.29, 1.82) is 0 Å². The molecule has 0 saturated heterocycles. The van der Waals surface area contributed by atoms with Crippen LogP contribution in [0, 0.1) is 5.92 Å². The third kappa shape index (κ3) is 7.92. The second-order valence-electron chi connectivity index (χ2n) is 6.53. The van der Waals surface area contributed by atoms with Crippen molar-refractivity contribution in [2.45, 2.75) is 39.5 Å². The van der Waals surface area contributed by atoms with E-state index >= 15 is 0 Å². The summed E-state index contributed by atoms with van der Waals surface area (Å²) in [5, 5.41) is 2.86. The Labute approximate surface area is 159 Å². The minimum absolute atomic E-state index is 0.0434. The van der Waals surface area contributed by atoms with Gasteiger partial charge in [-0.1, -0.05) is 74.5 Å². The number of benzene rings is 2. The summed E-state index contributed by atoms with van der Waals surface area (Å²) in [5.41, 5.74) is 4.18. The van der Waals surface area contributed by atoms with Gasteiger partial charge in [-0.2, -0.15) is 5.48 Å². The molecule has 1 atom stereocenters. The predicted octanol–water partition coefficient (Wildman–Crippen LogP) is 3.58. The first-order valence-electron chi connectivity index (χ1n) is 8.97. The van der Waals surface area contributed by atoms with E-state index < -0.39 is 12.2 Å². The highest BCUT2D eigenvalue weighted by Gasteiger charge is 2.20. The van der Waals surface area contributed by atoms with Gasteiger partial charge in [-0.15, -0.1) is 0 Å². The van der Waals surface area contributed by atoms with Crippen LogP contribution in [-0.4, -0.2) is 18.1 Å². The molecule has 2 rings (SSSR count). The predicted molar refractivity (Wildman–Crippen MR) is 102 cm³/mol. The topological polar surface area (TPSA) is 76.7 Å². The lowest BCUT2D eigenvalue weighted by Gasteiger charge is -2.20. The molecule has 0 bridgehead atoms. The number of amides is 2. The lowest BCUT2D eigenvalue weighted by Crippen LogP contribution is -2.36. The van der Waals surface area contributed by atoms with Crippen molar-refractivity contribution < 1.29 is 19.2 Å². The van der Waals surface area contributed by atoms with E-state index in [1.54, 1.807) is 0 Å². The first-order valence-corrected chi connectivity index (χ1v) is 8.97. The number of carbonyl (C=O) groups excluding carboxylic acids is 2. The lowest BCUT2D eigenvalue weighted by molar-refractivity contribution is -0.127. The Morgan fingerprint density at radius 2 is 1.52 bits per heavy atom. The first kappa shape index (κ1) is 20.5. The number of nitrogens with one attached hydrogen (secondary N) is 2. The molecule has 2 amide bonds. The summed E-state index contributed by atoms with van der Waals surface area (Å²) in [5.74, 6) is -0.0982. The van der Waals surface area contributed by atoms with Crippen molar-refractivity contribution in [3.8, 4) is 0 Å². The van der Waals surface area contributed by atoms with Gasteiger partial charge in [-0.25, -0.2) is 4.79 Å². The third-order valence-electron chi connectivity index (χ3n) is 3.97. The zero-order chi connectivity index (χ0) is 19.5. The van der Waals surface area contributed by atoms with Crippen molar-refractivity contribution in [2.75, 3.05) is 0 Å². The van der Waals surface area contributed by atoms with Gasteiger partial charge in [0.05, 0.1) is 12.5 Å². The van der Waals surface area contributed by atoms with Gasteiger partial charge >= 0.3 is 6.09 Å². The maximum Gasteiger partial charge on any atom is 0.431 e. The molecule has 6 heteroatoms. The van der Waals surface area contributed by atoms with E-state index in [1.165, 1.54) is 0 Å². The van der Waals surface area contributed by atoms with Crippen LogP contribution >= 0.6 is 0 Å². The maximum absolute atomic E-state index is 12.2. The van der Waals surface area contributed by atoms with Crippen LogP contribution in [0.3, 0.4) is 0 Å². The fourth-order valence-corrected chi connectivity index (χ4v) is 2.34. The largest absolute Gasteiger partial charge is 0.443 e. The van der Waals surface area contributed by atoms with Gasteiger partial charge in [0.25, 0.3) is 0 Å². The Balaban J connectivity index is 1.72. The molecule has 0 saturated carbocycles. The van der Waals surface area contributed by atoms with Gasteiger partial charge in [0.1, 0.15) is 6.61 Å². The number of hydroxylamine groups is 1. The van der Waals surface area contributed by atoms with Crippen molar-refractivity contribution in [3.05, 3.63) is 71.8 Å². The zero-order valence-corrected chi connectivity index (χ0v) is 15.7. The molecule has 0 spiro atoms. The normalized spacial score (nSPS) is 11.7. The molecule has 0 heterocycles. The number of ether oxygens (including phenoxy) is 1. The van der Waals surface area contributed by atoms with E-state index in [-0.39, 0.29) is 24.9 Å². The standard InChI is InChI=1S/C21H26N2O4/c1-16(2)19(13-20(24)22-14-17-9-5-3-6-10-17)27-23-21(25)26-15-18-11-7-4-8-12-18/h3-12,16,19H,13-15H2,1-2H3,(H,22,24)(H,23,25)/t19-/m1/s1. The smallest absolute Gasteiger partial charge is 0.431 e. The van der Waals surface area contributed by atoms with Gasteiger partial charge in [0, 0.05) is 6.54 Å². The zero-order valence-electron chi connectivity index (χ0n) is 15.7. The van der Waals surface area contributed by atoms with Crippen LogP contribution in [0.2, 0.25) is 0 Å². The molecule has 27 heavy (non-hydrogen) atoms. The second-order valence-corrected chi connectivity index (χ2v) is 6.53. The fourth-order valence-electron chi connectivity index (χ4n) is 2.34. The molecule has 2 N–H and O–H groups in total. The van der Waals surface area contributed by atoms with E-state index in [2.05, 4.69) is 10.8 Å². The van der Waals surface area contributed by atoms with Crippen LogP contribution in [-0.2, 0) is 27.5 Å². The number of hydrogen-bond acceptors (Lipinski definition) is 4. The fraction of sp³-hybridized carbons (Fsp3) is 0.333. The van der Waals surface area contributed by atoms with Crippen LogP contribution in [0.25, 0.3) is 0 Å². The van der Waals surface area contributed by atoms with Crippen molar-refractivity contribution >= 4 is 12.0 Å². The molecule has 0 fully saturated rings. The molecule has 2 aromatic carbocycles. The SMILES string of the molecule is CC(C)[C@@H](CC(=O)NCc1ccccc1)ONC(=O)OCc1ccccc1. The van der Waals surface area contributed by atoms with Crippen molar-refractivity contribution in [2.24, 2.45) is 5.92 Å². The van der Waals surface area contributed by atoms with Crippen LogP contribution in [0.15, 0.2) is 60.7 Å². The minimum atomic E-state index is -0.686. The second kappa shape index (κ2) is 11.0. The molecular weight excluding hydrogens is 344 g/mol. The number of carbonyl (C=O) groups is 2. The van der Waals surface area contributed by atoms with Crippen LogP contribution in [0.4, 0.5) is 4.79 Å². The van der Waals surface area contributed by atoms with Crippen LogP contribution in [0.1, 0.15) is 31.4 Å². The highest BCUT2D eigenvalue weighted by Crippen LogP contribution is 2.10. The van der Waals surface area contributed by atoms with E-state index in [9.17, 15) is 9.59 Å². The highest BCUT2D eigenvalue weighted by molar-refractivity contribution is 5.76. The molecule has 2 aromatic rings. The summed E-state index contributed by atoms with van der Waals surface area (Å²) < 4.78 is 5.09. The Kier molecular flexibility index (Phi) is 8.32. The molecule has 144 valence electrons. The van der Waals surface area contributed by atoms with Crippen molar-refractivity contribution in [1.82, 2.24) is 10.8 Å². The molecular formula is C21H26N2O4. The van der Waals surface area contributed by atoms with Crippen LogP contribution < -0.4 is 10.8 Å². The average Bonchev–Trinajstić information content (AvgIpc) is 2.69. The van der Waals surface area contributed by atoms with Gasteiger partial charge in [-0.05, 0) is 17.0 Å². The molecule has 0 aliphatic carbocycles.